The monoisotopic (exact) mass is 331 g/mol. The molecular formula is C13H19BrClN3. The second-order valence-electron chi connectivity index (χ2n) is 5.01. The second-order valence-corrected chi connectivity index (χ2v) is 6.34. The maximum atomic E-state index is 6.30. The highest BCUT2D eigenvalue weighted by Crippen LogP contribution is 2.32. The Morgan fingerprint density at radius 3 is 3.06 bits per heavy atom. The molecule has 100 valence electrons. The van der Waals surface area contributed by atoms with Crippen LogP contribution in [-0.2, 0) is 0 Å². The van der Waals surface area contributed by atoms with E-state index in [0.717, 1.165) is 23.3 Å². The Bertz CT molecular complexity index is 411. The quantitative estimate of drug-likeness (QED) is 0.919. The summed E-state index contributed by atoms with van der Waals surface area (Å²) in [5, 5.41) is 0.709. The first-order chi connectivity index (χ1) is 8.58. The summed E-state index contributed by atoms with van der Waals surface area (Å²) < 4.78 is 0.914. The number of hydrogen-bond acceptors (Lipinski definition) is 3. The number of piperidine rings is 1. The van der Waals surface area contributed by atoms with Crippen molar-refractivity contribution in [2.45, 2.75) is 44.7 Å². The number of halogens is 2. The maximum absolute atomic E-state index is 6.30. The third-order valence-corrected chi connectivity index (χ3v) is 4.04. The van der Waals surface area contributed by atoms with Crippen molar-refractivity contribution in [2.75, 3.05) is 11.4 Å². The summed E-state index contributed by atoms with van der Waals surface area (Å²) in [6.07, 6.45) is 6.44. The summed E-state index contributed by atoms with van der Waals surface area (Å²) in [4.78, 5) is 6.79. The van der Waals surface area contributed by atoms with Crippen LogP contribution in [0.2, 0.25) is 5.02 Å². The Balaban J connectivity index is 2.22. The first kappa shape index (κ1) is 14.1. The molecule has 5 heteroatoms. The smallest absolute Gasteiger partial charge is 0.147 e. The van der Waals surface area contributed by atoms with Gasteiger partial charge in [0, 0.05) is 29.3 Å². The van der Waals surface area contributed by atoms with Gasteiger partial charge in [-0.25, -0.2) is 4.98 Å². The standard InChI is InChI=1S/C13H19BrClN3/c1-9(16)6-11-4-2-3-5-18(11)13-12(15)7-10(14)8-17-13/h7-9,11H,2-6,16H2,1H3. The molecule has 1 aromatic rings. The molecule has 2 atom stereocenters. The molecule has 0 spiro atoms. The van der Waals surface area contributed by atoms with Gasteiger partial charge in [0.1, 0.15) is 5.82 Å². The van der Waals surface area contributed by atoms with Crippen molar-refractivity contribution >= 4 is 33.3 Å². The van der Waals surface area contributed by atoms with Gasteiger partial charge in [0.2, 0.25) is 0 Å². The summed E-state index contributed by atoms with van der Waals surface area (Å²) in [7, 11) is 0. The zero-order chi connectivity index (χ0) is 13.1. The normalized spacial score (nSPS) is 22.0. The van der Waals surface area contributed by atoms with Crippen LogP contribution in [-0.4, -0.2) is 23.6 Å². The molecule has 0 radical (unpaired) electrons. The van der Waals surface area contributed by atoms with Crippen LogP contribution < -0.4 is 10.6 Å². The van der Waals surface area contributed by atoms with Gasteiger partial charge in [-0.1, -0.05) is 11.6 Å². The van der Waals surface area contributed by atoms with Gasteiger partial charge in [-0.3, -0.25) is 0 Å². The fourth-order valence-electron chi connectivity index (χ4n) is 2.57. The first-order valence-corrected chi connectivity index (χ1v) is 7.58. The summed E-state index contributed by atoms with van der Waals surface area (Å²) in [6.45, 7) is 3.08. The van der Waals surface area contributed by atoms with Crippen molar-refractivity contribution in [3.8, 4) is 0 Å². The first-order valence-electron chi connectivity index (χ1n) is 6.41. The molecule has 0 aliphatic carbocycles. The highest BCUT2D eigenvalue weighted by molar-refractivity contribution is 9.10. The third kappa shape index (κ3) is 3.37. The average molecular weight is 333 g/mol. The van der Waals surface area contributed by atoms with Crippen LogP contribution in [0, 0.1) is 0 Å². The number of pyridine rings is 1. The molecule has 0 saturated carbocycles. The minimum absolute atomic E-state index is 0.213. The van der Waals surface area contributed by atoms with E-state index in [0.29, 0.717) is 11.1 Å². The molecule has 1 saturated heterocycles. The van der Waals surface area contributed by atoms with E-state index in [1.807, 2.05) is 6.07 Å². The molecule has 2 unspecified atom stereocenters. The van der Waals surface area contributed by atoms with E-state index in [1.165, 1.54) is 19.3 Å². The predicted molar refractivity (Wildman–Crippen MR) is 80.2 cm³/mol. The minimum atomic E-state index is 0.213. The maximum Gasteiger partial charge on any atom is 0.147 e. The van der Waals surface area contributed by atoms with Crippen LogP contribution in [0.25, 0.3) is 0 Å². The van der Waals surface area contributed by atoms with Crippen LogP contribution >= 0.6 is 27.5 Å². The lowest BCUT2D eigenvalue weighted by atomic mass is 9.96. The SMILES string of the molecule is CC(N)CC1CCCCN1c1ncc(Br)cc1Cl. The van der Waals surface area contributed by atoms with Crippen LogP contribution in [0.3, 0.4) is 0 Å². The van der Waals surface area contributed by atoms with E-state index >= 15 is 0 Å². The number of nitrogens with zero attached hydrogens (tertiary/aromatic N) is 2. The van der Waals surface area contributed by atoms with Gasteiger partial charge >= 0.3 is 0 Å². The summed E-state index contributed by atoms with van der Waals surface area (Å²) in [6, 6.07) is 2.58. The van der Waals surface area contributed by atoms with E-state index in [2.05, 4.69) is 32.7 Å². The van der Waals surface area contributed by atoms with E-state index in [4.69, 9.17) is 17.3 Å². The van der Waals surface area contributed by atoms with Gasteiger partial charge in [0.05, 0.1) is 5.02 Å². The Morgan fingerprint density at radius 1 is 1.61 bits per heavy atom. The molecule has 0 bridgehead atoms. The number of rotatable bonds is 3. The summed E-state index contributed by atoms with van der Waals surface area (Å²) in [5.74, 6) is 0.894. The number of nitrogens with two attached hydrogens (primary N) is 1. The van der Waals surface area contributed by atoms with Gasteiger partial charge < -0.3 is 10.6 Å². The Labute approximate surface area is 122 Å². The predicted octanol–water partition coefficient (Wildman–Crippen LogP) is 3.59. The molecule has 2 rings (SSSR count). The highest BCUT2D eigenvalue weighted by Gasteiger charge is 2.25. The fraction of sp³-hybridized carbons (Fsp3) is 0.615. The van der Waals surface area contributed by atoms with Crippen molar-refractivity contribution in [3.63, 3.8) is 0 Å². The molecule has 0 amide bonds. The lowest BCUT2D eigenvalue weighted by Gasteiger charge is -2.38. The minimum Gasteiger partial charge on any atom is -0.352 e. The Kier molecular flexibility index (Phi) is 4.87. The molecule has 1 aliphatic heterocycles. The van der Waals surface area contributed by atoms with Crippen molar-refractivity contribution in [1.82, 2.24) is 4.98 Å². The van der Waals surface area contributed by atoms with Gasteiger partial charge in [-0.05, 0) is 54.6 Å². The van der Waals surface area contributed by atoms with Crippen molar-refractivity contribution < 1.29 is 0 Å². The molecule has 1 fully saturated rings. The Morgan fingerprint density at radius 2 is 2.39 bits per heavy atom. The Hall–Kier alpha value is -0.320. The van der Waals surface area contributed by atoms with Crippen LogP contribution in [0.5, 0.6) is 0 Å². The summed E-state index contributed by atoms with van der Waals surface area (Å²) >= 11 is 9.69. The van der Waals surface area contributed by atoms with Gasteiger partial charge in [0.15, 0.2) is 0 Å². The molecule has 2 heterocycles. The second kappa shape index (κ2) is 6.22. The average Bonchev–Trinajstić information content (AvgIpc) is 2.30. The van der Waals surface area contributed by atoms with Gasteiger partial charge in [-0.2, -0.15) is 0 Å². The fourth-order valence-corrected chi connectivity index (χ4v) is 3.31. The van der Waals surface area contributed by atoms with E-state index in [9.17, 15) is 0 Å². The van der Waals surface area contributed by atoms with Gasteiger partial charge in [0.25, 0.3) is 0 Å². The zero-order valence-corrected chi connectivity index (χ0v) is 12.9. The van der Waals surface area contributed by atoms with E-state index in [1.54, 1.807) is 6.20 Å². The zero-order valence-electron chi connectivity index (χ0n) is 10.6. The topological polar surface area (TPSA) is 42.1 Å². The number of aromatic nitrogens is 1. The lowest BCUT2D eigenvalue weighted by molar-refractivity contribution is 0.414. The number of anilines is 1. The summed E-state index contributed by atoms with van der Waals surface area (Å²) in [5.41, 5.74) is 5.94. The van der Waals surface area contributed by atoms with Crippen LogP contribution in [0.1, 0.15) is 32.6 Å². The molecule has 1 aromatic heterocycles. The molecular weight excluding hydrogens is 314 g/mol. The third-order valence-electron chi connectivity index (χ3n) is 3.33. The molecule has 3 nitrogen and oxygen atoms in total. The number of hydrogen-bond donors (Lipinski definition) is 1. The molecule has 2 N–H and O–H groups in total. The largest absolute Gasteiger partial charge is 0.352 e. The van der Waals surface area contributed by atoms with Crippen LogP contribution in [0.4, 0.5) is 5.82 Å². The van der Waals surface area contributed by atoms with Crippen molar-refractivity contribution in [3.05, 3.63) is 21.8 Å². The van der Waals surface area contributed by atoms with E-state index in [-0.39, 0.29) is 6.04 Å². The molecule has 0 aromatic carbocycles. The van der Waals surface area contributed by atoms with Gasteiger partial charge in [-0.15, -0.1) is 0 Å². The van der Waals surface area contributed by atoms with Crippen LogP contribution in [0.15, 0.2) is 16.7 Å². The molecule has 18 heavy (non-hydrogen) atoms. The van der Waals surface area contributed by atoms with Crippen molar-refractivity contribution in [1.29, 1.82) is 0 Å². The van der Waals surface area contributed by atoms with E-state index < -0.39 is 0 Å². The van der Waals surface area contributed by atoms with Crippen molar-refractivity contribution in [2.24, 2.45) is 5.73 Å². The highest BCUT2D eigenvalue weighted by atomic mass is 79.9. The lowest BCUT2D eigenvalue weighted by Crippen LogP contribution is -2.43. The molecule has 1 aliphatic rings.